The molecular weight excluding hydrogens is 234 g/mol. The quantitative estimate of drug-likeness (QED) is 0.589. The highest BCUT2D eigenvalue weighted by molar-refractivity contribution is 6.09. The molecule has 1 aromatic rings. The Balaban J connectivity index is 1.68. The van der Waals surface area contributed by atoms with Crippen LogP contribution >= 0.6 is 0 Å². The Kier molecular flexibility index (Phi) is 3.26. The van der Waals surface area contributed by atoms with Crippen LogP contribution in [-0.2, 0) is 0 Å². The minimum Gasteiger partial charge on any atom is -0.294 e. The van der Waals surface area contributed by atoms with Gasteiger partial charge in [0.1, 0.15) is 0 Å². The molecule has 0 heterocycles. The van der Waals surface area contributed by atoms with Crippen molar-refractivity contribution in [1.29, 1.82) is 0 Å². The van der Waals surface area contributed by atoms with Crippen LogP contribution in [0.25, 0.3) is 0 Å². The predicted octanol–water partition coefficient (Wildman–Crippen LogP) is 4.05. The van der Waals surface area contributed by atoms with E-state index in [9.17, 15) is 4.79 Å². The number of aliphatic imine (C=N–C) groups is 1. The summed E-state index contributed by atoms with van der Waals surface area (Å²) in [6.07, 6.45) is 6.86. The van der Waals surface area contributed by atoms with Crippen molar-refractivity contribution < 1.29 is 4.79 Å². The van der Waals surface area contributed by atoms with E-state index in [2.05, 4.69) is 0 Å². The van der Waals surface area contributed by atoms with Crippen molar-refractivity contribution in [2.45, 2.75) is 51.0 Å². The number of rotatable bonds is 4. The van der Waals surface area contributed by atoms with Crippen LogP contribution in [0.1, 0.15) is 55.8 Å². The average molecular weight is 255 g/mol. The molecule has 100 valence electrons. The zero-order chi connectivity index (χ0) is 13.3. The third kappa shape index (κ3) is 2.63. The van der Waals surface area contributed by atoms with Crippen LogP contribution in [0.2, 0.25) is 0 Å². The van der Waals surface area contributed by atoms with Gasteiger partial charge in [-0.05, 0) is 44.9 Å². The molecule has 0 N–H and O–H groups in total. The fourth-order valence-electron chi connectivity index (χ4n) is 3.72. The molecule has 0 aliphatic heterocycles. The van der Waals surface area contributed by atoms with E-state index in [0.29, 0.717) is 6.42 Å². The lowest BCUT2D eigenvalue weighted by Gasteiger charge is -2.22. The Hall–Kier alpha value is -1.44. The Bertz CT molecular complexity index is 495. The molecule has 0 spiro atoms. The van der Waals surface area contributed by atoms with E-state index in [1.54, 1.807) is 0 Å². The minimum atomic E-state index is 0.186. The molecule has 0 atom stereocenters. The molecule has 2 aliphatic carbocycles. The first-order valence-corrected chi connectivity index (χ1v) is 7.30. The molecule has 1 aromatic carbocycles. The average Bonchev–Trinajstić information content (AvgIpc) is 2.99. The van der Waals surface area contributed by atoms with Crippen molar-refractivity contribution in [3.8, 4) is 0 Å². The molecule has 2 bridgehead atoms. The molecule has 0 amide bonds. The molecule has 19 heavy (non-hydrogen) atoms. The van der Waals surface area contributed by atoms with Crippen LogP contribution in [0.15, 0.2) is 35.3 Å². The normalized spacial score (nSPS) is 29.7. The fraction of sp³-hybridized carbons (Fsp3) is 0.529. The van der Waals surface area contributed by atoms with Gasteiger partial charge in [0.05, 0.1) is 5.54 Å². The van der Waals surface area contributed by atoms with E-state index in [1.807, 2.05) is 37.3 Å². The maximum Gasteiger partial charge on any atom is 0.168 e. The van der Waals surface area contributed by atoms with Gasteiger partial charge >= 0.3 is 0 Å². The van der Waals surface area contributed by atoms with Crippen molar-refractivity contribution in [2.75, 3.05) is 0 Å². The minimum absolute atomic E-state index is 0.186. The lowest BCUT2D eigenvalue weighted by Crippen LogP contribution is -2.22. The molecule has 2 saturated carbocycles. The highest BCUT2D eigenvalue weighted by Gasteiger charge is 2.44. The van der Waals surface area contributed by atoms with Crippen LogP contribution in [0.4, 0.5) is 0 Å². The van der Waals surface area contributed by atoms with Gasteiger partial charge in [-0.1, -0.05) is 30.3 Å². The molecule has 0 saturated heterocycles. The molecule has 0 unspecified atom stereocenters. The van der Waals surface area contributed by atoms with Crippen molar-refractivity contribution >= 4 is 11.5 Å². The van der Waals surface area contributed by atoms with E-state index >= 15 is 0 Å². The van der Waals surface area contributed by atoms with Gasteiger partial charge in [-0.3, -0.25) is 9.79 Å². The van der Waals surface area contributed by atoms with Crippen molar-refractivity contribution in [3.63, 3.8) is 0 Å². The maximum atomic E-state index is 12.2. The van der Waals surface area contributed by atoms with E-state index in [4.69, 9.17) is 4.99 Å². The fourth-order valence-corrected chi connectivity index (χ4v) is 3.72. The first-order chi connectivity index (χ1) is 9.17. The molecule has 2 aliphatic rings. The second-order valence-electron chi connectivity index (χ2n) is 6.18. The second kappa shape index (κ2) is 4.92. The molecule has 3 rings (SSSR count). The smallest absolute Gasteiger partial charge is 0.168 e. The standard InChI is InChI=1S/C17H21NO/c1-13(11-16(19)15-5-3-2-4-6-15)18-17-9-7-14(12-17)8-10-17/h2-6,14H,7-12H2,1H3. The highest BCUT2D eigenvalue weighted by Crippen LogP contribution is 2.50. The van der Waals surface area contributed by atoms with Crippen molar-refractivity contribution in [1.82, 2.24) is 0 Å². The zero-order valence-electron chi connectivity index (χ0n) is 11.6. The lowest BCUT2D eigenvalue weighted by molar-refractivity contribution is 0.100. The van der Waals surface area contributed by atoms with Crippen LogP contribution in [-0.4, -0.2) is 17.0 Å². The number of Topliss-reactive ketones (excluding diaryl/α,β-unsaturated/α-hetero) is 1. The Morgan fingerprint density at radius 2 is 1.95 bits per heavy atom. The maximum absolute atomic E-state index is 12.2. The van der Waals surface area contributed by atoms with E-state index < -0.39 is 0 Å². The number of ketones is 1. The first-order valence-electron chi connectivity index (χ1n) is 7.30. The largest absolute Gasteiger partial charge is 0.294 e. The third-order valence-corrected chi connectivity index (χ3v) is 4.64. The number of benzene rings is 1. The Morgan fingerprint density at radius 1 is 1.26 bits per heavy atom. The monoisotopic (exact) mass is 255 g/mol. The van der Waals surface area contributed by atoms with Gasteiger partial charge in [-0.2, -0.15) is 0 Å². The Morgan fingerprint density at radius 3 is 2.53 bits per heavy atom. The summed E-state index contributed by atoms with van der Waals surface area (Å²) >= 11 is 0. The SMILES string of the molecule is CC(CC(=O)c1ccccc1)=NC12CCC(CC1)C2. The van der Waals surface area contributed by atoms with Crippen LogP contribution in [0, 0.1) is 5.92 Å². The van der Waals surface area contributed by atoms with Gasteiger partial charge in [-0.25, -0.2) is 0 Å². The van der Waals surface area contributed by atoms with E-state index in [0.717, 1.165) is 17.2 Å². The molecule has 0 aromatic heterocycles. The van der Waals surface area contributed by atoms with Crippen molar-refractivity contribution in [2.24, 2.45) is 10.9 Å². The third-order valence-electron chi connectivity index (χ3n) is 4.64. The number of hydrogen-bond acceptors (Lipinski definition) is 2. The van der Waals surface area contributed by atoms with Gasteiger partial charge in [0, 0.05) is 17.7 Å². The summed E-state index contributed by atoms with van der Waals surface area (Å²) in [5.74, 6) is 1.09. The number of carbonyl (C=O) groups is 1. The lowest BCUT2D eigenvalue weighted by atomic mass is 9.94. The molecule has 2 heteroatoms. The Labute approximate surface area is 114 Å². The second-order valence-corrected chi connectivity index (χ2v) is 6.18. The number of nitrogens with zero attached hydrogens (tertiary/aromatic N) is 1. The predicted molar refractivity (Wildman–Crippen MR) is 77.8 cm³/mol. The van der Waals surface area contributed by atoms with Gasteiger partial charge in [0.25, 0.3) is 0 Å². The van der Waals surface area contributed by atoms with Gasteiger partial charge in [-0.15, -0.1) is 0 Å². The molecule has 2 fully saturated rings. The zero-order valence-corrected chi connectivity index (χ0v) is 11.6. The van der Waals surface area contributed by atoms with Crippen molar-refractivity contribution in [3.05, 3.63) is 35.9 Å². The summed E-state index contributed by atoms with van der Waals surface area (Å²) in [6.45, 7) is 2.02. The summed E-state index contributed by atoms with van der Waals surface area (Å²) in [6, 6.07) is 9.53. The van der Waals surface area contributed by atoms with E-state index in [1.165, 1.54) is 32.1 Å². The first kappa shape index (κ1) is 12.6. The van der Waals surface area contributed by atoms with Crippen LogP contribution in [0.3, 0.4) is 0 Å². The molecule has 2 nitrogen and oxygen atoms in total. The topological polar surface area (TPSA) is 29.4 Å². The van der Waals surface area contributed by atoms with Crippen LogP contribution < -0.4 is 0 Å². The summed E-state index contributed by atoms with van der Waals surface area (Å²) in [7, 11) is 0. The summed E-state index contributed by atoms with van der Waals surface area (Å²) in [4.78, 5) is 17.1. The van der Waals surface area contributed by atoms with Crippen LogP contribution in [0.5, 0.6) is 0 Å². The highest BCUT2D eigenvalue weighted by atomic mass is 16.1. The number of fused-ring (bicyclic) bond motifs is 2. The molecular formula is C17H21NO. The van der Waals surface area contributed by atoms with Gasteiger partial charge in [0.15, 0.2) is 5.78 Å². The molecule has 0 radical (unpaired) electrons. The number of carbonyl (C=O) groups excluding carboxylic acids is 1. The summed E-state index contributed by atoms with van der Waals surface area (Å²) in [5, 5.41) is 0. The van der Waals surface area contributed by atoms with Gasteiger partial charge < -0.3 is 0 Å². The summed E-state index contributed by atoms with van der Waals surface area (Å²) in [5.41, 5.74) is 2.01. The summed E-state index contributed by atoms with van der Waals surface area (Å²) < 4.78 is 0. The number of hydrogen-bond donors (Lipinski definition) is 0. The van der Waals surface area contributed by atoms with Gasteiger partial charge in [0.2, 0.25) is 0 Å². The van der Waals surface area contributed by atoms with E-state index in [-0.39, 0.29) is 11.3 Å².